The van der Waals surface area contributed by atoms with Crippen molar-refractivity contribution in [3.8, 4) is 11.8 Å². The van der Waals surface area contributed by atoms with Crippen LogP contribution in [0.2, 0.25) is 0 Å². The van der Waals surface area contributed by atoms with Crippen LogP contribution in [0.5, 0.6) is 6.01 Å². The number of morpholine rings is 1. The number of aryl methyl sites for hydroxylation is 1. The van der Waals surface area contributed by atoms with Crippen LogP contribution in [-0.2, 0) is 9.47 Å². The Morgan fingerprint density at radius 3 is 2.70 bits per heavy atom. The van der Waals surface area contributed by atoms with Crippen molar-refractivity contribution < 1.29 is 23.7 Å². The van der Waals surface area contributed by atoms with Crippen molar-refractivity contribution in [3.63, 3.8) is 0 Å². The average Bonchev–Trinajstić information content (AvgIpc) is 3.30. The van der Waals surface area contributed by atoms with E-state index >= 15 is 4.39 Å². The summed E-state index contributed by atoms with van der Waals surface area (Å²) in [5, 5.41) is 15.1. The summed E-state index contributed by atoms with van der Waals surface area (Å²) in [6.45, 7) is 6.37. The number of hydrogen-bond donors (Lipinski definition) is 1. The van der Waals surface area contributed by atoms with Crippen molar-refractivity contribution in [2.75, 3.05) is 64.6 Å². The molecule has 1 aromatic carbocycles. The van der Waals surface area contributed by atoms with Crippen LogP contribution in [-0.4, -0.2) is 108 Å². The lowest BCUT2D eigenvalue weighted by Crippen LogP contribution is -2.54. The molecule has 3 fully saturated rings. The van der Waals surface area contributed by atoms with E-state index in [1.54, 1.807) is 4.68 Å². The van der Waals surface area contributed by atoms with Crippen LogP contribution in [0.25, 0.3) is 16.7 Å². The van der Waals surface area contributed by atoms with Gasteiger partial charge in [-0.3, -0.25) is 4.90 Å². The molecule has 3 aromatic rings. The summed E-state index contributed by atoms with van der Waals surface area (Å²) in [5.74, 6) is 1.08. The van der Waals surface area contributed by atoms with E-state index in [1.807, 2.05) is 24.1 Å². The number of nitrogens with zero attached hydrogens (tertiary/aromatic N) is 6. The van der Waals surface area contributed by atoms with Crippen LogP contribution in [0.3, 0.4) is 0 Å². The van der Waals surface area contributed by atoms with Crippen molar-refractivity contribution in [2.45, 2.75) is 37.6 Å². The molecule has 3 atom stereocenters. The molecule has 11 heteroatoms. The molecule has 1 N–H and O–H groups in total. The first-order valence-corrected chi connectivity index (χ1v) is 12.9. The second kappa shape index (κ2) is 10.1. The third-order valence-corrected chi connectivity index (χ3v) is 7.81. The topological polar surface area (TPSA) is 98.0 Å². The van der Waals surface area contributed by atoms with Gasteiger partial charge in [0.25, 0.3) is 0 Å². The number of benzene rings is 1. The van der Waals surface area contributed by atoms with Crippen LogP contribution < -0.4 is 9.64 Å². The minimum Gasteiger partial charge on any atom is -0.467 e. The van der Waals surface area contributed by atoms with Crippen LogP contribution in [0.1, 0.15) is 23.5 Å². The Morgan fingerprint density at radius 1 is 1.14 bits per heavy atom. The highest BCUT2D eigenvalue weighted by molar-refractivity contribution is 5.82. The highest BCUT2D eigenvalue weighted by Gasteiger charge is 2.36. The zero-order chi connectivity index (χ0) is 25.5. The van der Waals surface area contributed by atoms with Gasteiger partial charge in [-0.1, -0.05) is 0 Å². The van der Waals surface area contributed by atoms with Gasteiger partial charge in [0.1, 0.15) is 12.0 Å². The van der Waals surface area contributed by atoms with E-state index in [9.17, 15) is 5.11 Å². The number of aliphatic hydroxyl groups is 1. The summed E-state index contributed by atoms with van der Waals surface area (Å²) in [6, 6.07) is 6.60. The maximum atomic E-state index is 15.5. The van der Waals surface area contributed by atoms with Gasteiger partial charge < -0.3 is 24.2 Å². The molecule has 0 bridgehead atoms. The molecule has 3 aliphatic rings. The molecule has 6 rings (SSSR count). The monoisotopic (exact) mass is 512 g/mol. The molecule has 10 nitrogen and oxygen atoms in total. The maximum absolute atomic E-state index is 15.5. The van der Waals surface area contributed by atoms with Gasteiger partial charge in [-0.15, -0.1) is 0 Å². The summed E-state index contributed by atoms with van der Waals surface area (Å²) in [7, 11) is 1.53. The number of anilines is 1. The van der Waals surface area contributed by atoms with Gasteiger partial charge in [-0.05, 0) is 43.1 Å². The summed E-state index contributed by atoms with van der Waals surface area (Å²) < 4.78 is 33.6. The van der Waals surface area contributed by atoms with Crippen LogP contribution >= 0.6 is 0 Å². The van der Waals surface area contributed by atoms with E-state index in [2.05, 4.69) is 32.1 Å². The van der Waals surface area contributed by atoms with Crippen LogP contribution in [0, 0.1) is 6.92 Å². The van der Waals surface area contributed by atoms with Crippen LogP contribution in [0.4, 0.5) is 10.2 Å². The minimum atomic E-state index is -0.937. The van der Waals surface area contributed by atoms with Gasteiger partial charge in [0, 0.05) is 37.0 Å². The molecule has 3 aliphatic heterocycles. The molecule has 0 radical (unpaired) electrons. The van der Waals surface area contributed by atoms with E-state index < -0.39 is 6.17 Å². The number of likely N-dealkylation sites (tertiary alicyclic amines) is 1. The summed E-state index contributed by atoms with van der Waals surface area (Å²) in [6.07, 6.45) is 1.37. The number of alkyl halides is 1. The summed E-state index contributed by atoms with van der Waals surface area (Å²) in [5.41, 5.74) is 2.96. The third kappa shape index (κ3) is 4.65. The Kier molecular flexibility index (Phi) is 6.70. The zero-order valence-corrected chi connectivity index (χ0v) is 21.2. The first-order valence-electron chi connectivity index (χ1n) is 12.9. The largest absolute Gasteiger partial charge is 0.467 e. The van der Waals surface area contributed by atoms with E-state index in [4.69, 9.17) is 14.2 Å². The molecule has 198 valence electrons. The number of ether oxygens (including phenoxy) is 3. The fraction of sp³-hybridized carbons (Fsp3) is 0.577. The fourth-order valence-electron chi connectivity index (χ4n) is 5.63. The molecule has 37 heavy (non-hydrogen) atoms. The number of methoxy groups -OCH3 is 1. The minimum absolute atomic E-state index is 0.0551. The average molecular weight is 513 g/mol. The SMILES string of the molecule is COc1nc(N2CCO[C@@H](CO)C2)cc(-n2ncc3cc(C)c(C4CCN(C5COC5)CC4F)cc32)n1. The summed E-state index contributed by atoms with van der Waals surface area (Å²) in [4.78, 5) is 13.4. The van der Waals surface area contributed by atoms with E-state index in [1.165, 1.54) is 7.11 Å². The smallest absolute Gasteiger partial charge is 0.320 e. The van der Waals surface area contributed by atoms with Crippen molar-refractivity contribution in [3.05, 3.63) is 35.5 Å². The van der Waals surface area contributed by atoms with Gasteiger partial charge in [0.05, 0.1) is 57.4 Å². The lowest BCUT2D eigenvalue weighted by Gasteiger charge is -2.43. The molecular formula is C26H33FN6O4. The van der Waals surface area contributed by atoms with E-state index in [-0.39, 0.29) is 24.6 Å². The standard InChI is InChI=1S/C26H33FN6O4/c1-16-7-17-10-28-33(23(17)8-21(16)20-3-4-31(12-22(20)27)18-14-36-15-18)25-9-24(29-26(30-25)35-2)32-5-6-37-19(11-32)13-34/h7-10,18-20,22,34H,3-6,11-15H2,1-2H3/t19-,20?,22?/m1/s1. The zero-order valence-electron chi connectivity index (χ0n) is 21.2. The number of rotatable bonds is 6. The van der Waals surface area contributed by atoms with E-state index in [0.29, 0.717) is 57.1 Å². The predicted octanol–water partition coefficient (Wildman–Crippen LogP) is 1.86. The Bertz CT molecular complexity index is 1270. The Labute approximate surface area is 214 Å². The second-order valence-electron chi connectivity index (χ2n) is 10.1. The quantitative estimate of drug-likeness (QED) is 0.531. The lowest BCUT2D eigenvalue weighted by molar-refractivity contribution is -0.0807. The third-order valence-electron chi connectivity index (χ3n) is 7.81. The van der Waals surface area contributed by atoms with Gasteiger partial charge in [-0.2, -0.15) is 15.1 Å². The van der Waals surface area contributed by atoms with Gasteiger partial charge >= 0.3 is 6.01 Å². The molecular weight excluding hydrogens is 479 g/mol. The molecule has 5 heterocycles. The second-order valence-corrected chi connectivity index (χ2v) is 10.1. The Morgan fingerprint density at radius 2 is 1.97 bits per heavy atom. The van der Waals surface area contributed by atoms with Gasteiger partial charge in [-0.25, -0.2) is 9.07 Å². The van der Waals surface area contributed by atoms with Gasteiger partial charge in [0.2, 0.25) is 0 Å². The number of fused-ring (bicyclic) bond motifs is 1. The number of hydrogen-bond acceptors (Lipinski definition) is 9. The summed E-state index contributed by atoms with van der Waals surface area (Å²) >= 11 is 0. The molecule has 0 aliphatic carbocycles. The number of aromatic nitrogens is 4. The number of halogens is 1. The van der Waals surface area contributed by atoms with Crippen molar-refractivity contribution in [2.24, 2.45) is 0 Å². The van der Waals surface area contributed by atoms with Crippen molar-refractivity contribution >= 4 is 16.7 Å². The highest BCUT2D eigenvalue weighted by Crippen LogP contribution is 2.36. The van der Waals surface area contributed by atoms with Gasteiger partial charge in [0.15, 0.2) is 5.82 Å². The lowest BCUT2D eigenvalue weighted by atomic mass is 9.84. The van der Waals surface area contributed by atoms with Crippen LogP contribution in [0.15, 0.2) is 24.4 Å². The van der Waals surface area contributed by atoms with E-state index in [0.717, 1.165) is 35.0 Å². The highest BCUT2D eigenvalue weighted by atomic mass is 19.1. The molecule has 3 saturated heterocycles. The molecule has 2 unspecified atom stereocenters. The molecule has 0 amide bonds. The predicted molar refractivity (Wildman–Crippen MR) is 135 cm³/mol. The van der Waals surface area contributed by atoms with Crippen molar-refractivity contribution in [1.82, 2.24) is 24.6 Å². The Hall–Kier alpha value is -2.86. The first-order chi connectivity index (χ1) is 18.0. The number of piperidine rings is 1. The normalized spacial score (nSPS) is 25.4. The number of aliphatic hydroxyl groups excluding tert-OH is 1. The Balaban J connectivity index is 1.33. The molecule has 2 aromatic heterocycles. The van der Waals surface area contributed by atoms with Crippen molar-refractivity contribution in [1.29, 1.82) is 0 Å². The fourth-order valence-corrected chi connectivity index (χ4v) is 5.63. The molecule has 0 saturated carbocycles. The molecule has 0 spiro atoms. The first kappa shape index (κ1) is 24.5. The maximum Gasteiger partial charge on any atom is 0.320 e.